The van der Waals surface area contributed by atoms with E-state index in [1.54, 1.807) is 17.1 Å². The minimum Gasteiger partial charge on any atom is -0.412 e. The van der Waals surface area contributed by atoms with Gasteiger partial charge in [-0.05, 0) is 37.8 Å². The highest BCUT2D eigenvalue weighted by Crippen LogP contribution is 2.40. The van der Waals surface area contributed by atoms with Gasteiger partial charge in [0.05, 0.1) is 0 Å². The molecular weight excluding hydrogens is 332 g/mol. The van der Waals surface area contributed by atoms with Crippen LogP contribution in [0.25, 0.3) is 0 Å². The fourth-order valence-corrected chi connectivity index (χ4v) is 3.88. The number of nitrogens with zero attached hydrogens (tertiary/aromatic N) is 1. The molecule has 0 fully saturated rings. The van der Waals surface area contributed by atoms with Crippen molar-refractivity contribution in [2.75, 3.05) is 0 Å². The van der Waals surface area contributed by atoms with E-state index in [-0.39, 0.29) is 22.9 Å². The molecule has 2 aliphatic carbocycles. The monoisotopic (exact) mass is 354 g/mol. The summed E-state index contributed by atoms with van der Waals surface area (Å²) in [5.74, 6) is -0.0208. The van der Waals surface area contributed by atoms with Crippen molar-refractivity contribution in [1.82, 2.24) is 10.4 Å². The molecule has 0 bridgehead atoms. The lowest BCUT2D eigenvalue weighted by molar-refractivity contribution is -0.117. The van der Waals surface area contributed by atoms with Crippen molar-refractivity contribution in [3.8, 4) is 0 Å². The smallest absolute Gasteiger partial charge is 0.270 e. The zero-order valence-corrected chi connectivity index (χ0v) is 14.5. The molecule has 6 nitrogen and oxygen atoms in total. The highest BCUT2D eigenvalue weighted by atomic mass is 16.2. The number of Topliss-reactive ketones (excluding diaryl/α,β-unsaturated/α-hetero) is 2. The highest BCUT2D eigenvalue weighted by molar-refractivity contribution is 6.04. The second kappa shape index (κ2) is 7.25. The van der Waals surface area contributed by atoms with Crippen molar-refractivity contribution >= 4 is 17.5 Å². The van der Waals surface area contributed by atoms with E-state index in [1.165, 1.54) is 0 Å². The number of rotatable bonds is 2. The number of benzene rings is 1. The minimum absolute atomic E-state index is 0. The summed E-state index contributed by atoms with van der Waals surface area (Å²) in [6.45, 7) is 0. The Balaban J connectivity index is 0.00000196. The lowest BCUT2D eigenvalue weighted by Gasteiger charge is -2.40. The van der Waals surface area contributed by atoms with E-state index in [0.29, 0.717) is 36.0 Å². The van der Waals surface area contributed by atoms with Crippen LogP contribution >= 0.6 is 0 Å². The maximum atomic E-state index is 12.7. The van der Waals surface area contributed by atoms with Crippen LogP contribution < -0.4 is 5.43 Å². The molecule has 0 saturated carbocycles. The van der Waals surface area contributed by atoms with Crippen LogP contribution in [0.1, 0.15) is 55.3 Å². The zero-order valence-electron chi connectivity index (χ0n) is 14.5. The van der Waals surface area contributed by atoms with Crippen LogP contribution in [0, 0.1) is 0 Å². The van der Waals surface area contributed by atoms with E-state index < -0.39 is 0 Å². The second-order valence-electron chi connectivity index (χ2n) is 6.72. The molecule has 136 valence electrons. The Morgan fingerprint density at radius 3 is 1.92 bits per heavy atom. The second-order valence-corrected chi connectivity index (χ2v) is 6.72. The number of allylic oxidation sites excluding steroid dienone is 4. The van der Waals surface area contributed by atoms with E-state index in [0.717, 1.165) is 37.1 Å². The van der Waals surface area contributed by atoms with Crippen LogP contribution in [0.5, 0.6) is 0 Å². The average molecular weight is 354 g/mol. The summed E-state index contributed by atoms with van der Waals surface area (Å²) in [5.41, 5.74) is 6.65. The first-order valence-electron chi connectivity index (χ1n) is 8.82. The first-order chi connectivity index (χ1) is 12.1. The van der Waals surface area contributed by atoms with Crippen LogP contribution in [0.2, 0.25) is 0 Å². The number of hydrazine groups is 1. The molecule has 0 spiro atoms. The Morgan fingerprint density at radius 1 is 0.846 bits per heavy atom. The quantitative estimate of drug-likeness (QED) is 0.880. The predicted octanol–water partition coefficient (Wildman–Crippen LogP) is 2.23. The van der Waals surface area contributed by atoms with Gasteiger partial charge in [0, 0.05) is 47.4 Å². The van der Waals surface area contributed by atoms with Gasteiger partial charge < -0.3 is 5.48 Å². The topological polar surface area (TPSA) is 98.0 Å². The lowest BCUT2D eigenvalue weighted by atomic mass is 9.81. The van der Waals surface area contributed by atoms with Gasteiger partial charge in [-0.15, -0.1) is 0 Å². The molecule has 26 heavy (non-hydrogen) atoms. The maximum Gasteiger partial charge on any atom is 0.270 e. The van der Waals surface area contributed by atoms with Crippen LogP contribution in [0.3, 0.4) is 0 Å². The Hall–Kier alpha value is -2.73. The van der Waals surface area contributed by atoms with Gasteiger partial charge >= 0.3 is 0 Å². The Labute approximate surface area is 151 Å². The van der Waals surface area contributed by atoms with E-state index in [4.69, 9.17) is 0 Å². The molecular formula is C20H22N2O4. The molecule has 0 atom stereocenters. The Kier molecular flexibility index (Phi) is 5.04. The molecule has 3 N–H and O–H groups in total. The summed E-state index contributed by atoms with van der Waals surface area (Å²) < 4.78 is 0. The predicted molar refractivity (Wildman–Crippen MR) is 95.7 cm³/mol. The molecule has 1 heterocycles. The van der Waals surface area contributed by atoms with Crippen molar-refractivity contribution in [2.24, 2.45) is 0 Å². The Morgan fingerprint density at radius 2 is 1.38 bits per heavy atom. The molecule has 0 unspecified atom stereocenters. The molecule has 1 aromatic rings. The van der Waals surface area contributed by atoms with Crippen LogP contribution in [0.4, 0.5) is 0 Å². The first kappa shape index (κ1) is 18.1. The molecule has 0 saturated heterocycles. The highest BCUT2D eigenvalue weighted by Gasteiger charge is 2.37. The van der Waals surface area contributed by atoms with Gasteiger partial charge in [-0.2, -0.15) is 0 Å². The summed E-state index contributed by atoms with van der Waals surface area (Å²) >= 11 is 0. The van der Waals surface area contributed by atoms with Crippen molar-refractivity contribution in [3.05, 3.63) is 58.4 Å². The van der Waals surface area contributed by atoms with Crippen molar-refractivity contribution in [1.29, 1.82) is 0 Å². The van der Waals surface area contributed by atoms with E-state index in [2.05, 4.69) is 5.43 Å². The third kappa shape index (κ3) is 3.08. The van der Waals surface area contributed by atoms with Crippen molar-refractivity contribution in [2.45, 2.75) is 44.9 Å². The fraction of sp³-hybridized carbons (Fsp3) is 0.350. The minimum atomic E-state index is -0.225. The number of carbonyl (C=O) groups is 3. The standard InChI is InChI=1S/C20H20N2O3.H2O/c23-18-10-4-8-16-14(18)12-15-17(9-5-11-19(15)24)22(16)21-20(25)13-6-2-1-3-7-13;/h1-3,6-7H,4-5,8-12H2,(H,21,25);1H2. The van der Waals surface area contributed by atoms with Crippen molar-refractivity contribution in [3.63, 3.8) is 0 Å². The number of nitrogens with one attached hydrogen (secondary N) is 1. The van der Waals surface area contributed by atoms with E-state index >= 15 is 0 Å². The maximum absolute atomic E-state index is 12.7. The third-order valence-corrected chi connectivity index (χ3v) is 5.15. The molecule has 4 rings (SSSR count). The fourth-order valence-electron chi connectivity index (χ4n) is 3.88. The number of ketones is 2. The number of hydrogen-bond acceptors (Lipinski definition) is 4. The molecule has 0 radical (unpaired) electrons. The number of hydrogen-bond donors (Lipinski definition) is 1. The largest absolute Gasteiger partial charge is 0.412 e. The molecule has 0 aromatic heterocycles. The zero-order chi connectivity index (χ0) is 17.4. The van der Waals surface area contributed by atoms with E-state index in [9.17, 15) is 14.4 Å². The summed E-state index contributed by atoms with van der Waals surface area (Å²) in [6, 6.07) is 8.99. The van der Waals surface area contributed by atoms with Crippen molar-refractivity contribution < 1.29 is 19.9 Å². The van der Waals surface area contributed by atoms with Crippen LogP contribution in [-0.2, 0) is 9.59 Å². The van der Waals surface area contributed by atoms with Gasteiger partial charge in [0.25, 0.3) is 5.91 Å². The molecule has 6 heteroatoms. The Bertz CT molecular complexity index is 781. The van der Waals surface area contributed by atoms with Gasteiger partial charge in [-0.25, -0.2) is 0 Å². The molecule has 1 aliphatic heterocycles. The molecule has 3 aliphatic rings. The van der Waals surface area contributed by atoms with Gasteiger partial charge in [-0.3, -0.25) is 24.8 Å². The van der Waals surface area contributed by atoms with Crippen LogP contribution in [-0.4, -0.2) is 28.0 Å². The SMILES string of the molecule is O.O=C1CCCC2=C1CC1=C(CCCC1=O)N2NC(=O)c1ccccc1. The number of carbonyl (C=O) groups excluding carboxylic acids is 3. The number of amides is 1. The summed E-state index contributed by atoms with van der Waals surface area (Å²) in [6.07, 6.45) is 4.55. The average Bonchev–Trinajstić information content (AvgIpc) is 2.64. The van der Waals surface area contributed by atoms with E-state index in [1.807, 2.05) is 18.2 Å². The van der Waals surface area contributed by atoms with Gasteiger partial charge in [-0.1, -0.05) is 18.2 Å². The summed E-state index contributed by atoms with van der Waals surface area (Å²) in [4.78, 5) is 37.4. The van der Waals surface area contributed by atoms with Gasteiger partial charge in [0.1, 0.15) is 0 Å². The lowest BCUT2D eigenvalue weighted by Crippen LogP contribution is -2.46. The summed E-state index contributed by atoms with van der Waals surface area (Å²) in [5, 5.41) is 1.75. The normalized spacial score (nSPS) is 19.6. The summed E-state index contributed by atoms with van der Waals surface area (Å²) in [7, 11) is 0. The van der Waals surface area contributed by atoms with Crippen LogP contribution in [0.15, 0.2) is 52.9 Å². The van der Waals surface area contributed by atoms with Gasteiger partial charge in [0.15, 0.2) is 11.6 Å². The third-order valence-electron chi connectivity index (χ3n) is 5.15. The first-order valence-corrected chi connectivity index (χ1v) is 8.82. The molecule has 1 aromatic carbocycles. The molecule has 1 amide bonds. The van der Waals surface area contributed by atoms with Gasteiger partial charge in [0.2, 0.25) is 0 Å².